The number of fused-ring (bicyclic) bond motifs is 2. The maximum atomic E-state index is 11.9. The van der Waals surface area contributed by atoms with E-state index in [4.69, 9.17) is 4.42 Å². The highest BCUT2D eigenvalue weighted by molar-refractivity contribution is 5.85. The molecular formula is C22H23NO3. The van der Waals surface area contributed by atoms with E-state index >= 15 is 0 Å². The lowest BCUT2D eigenvalue weighted by Crippen LogP contribution is -2.25. The third kappa shape index (κ3) is 3.01. The number of phenols is 1. The van der Waals surface area contributed by atoms with Crippen molar-refractivity contribution in [3.8, 4) is 5.75 Å². The molecule has 0 fully saturated rings. The Bertz CT molecular complexity index is 1010. The number of aromatic hydroxyl groups is 1. The molecule has 0 saturated heterocycles. The van der Waals surface area contributed by atoms with Crippen molar-refractivity contribution in [2.75, 3.05) is 0 Å². The van der Waals surface area contributed by atoms with E-state index in [1.807, 2.05) is 13.0 Å². The largest absolute Gasteiger partial charge is 0.507 e. The minimum Gasteiger partial charge on any atom is -0.507 e. The van der Waals surface area contributed by atoms with Crippen molar-refractivity contribution in [2.45, 2.75) is 45.2 Å². The summed E-state index contributed by atoms with van der Waals surface area (Å²) >= 11 is 0. The molecule has 1 aromatic heterocycles. The molecule has 1 aliphatic rings. The van der Waals surface area contributed by atoms with Gasteiger partial charge in [0.25, 0.3) is 0 Å². The summed E-state index contributed by atoms with van der Waals surface area (Å²) in [6.45, 7) is 2.47. The van der Waals surface area contributed by atoms with E-state index < -0.39 is 0 Å². The molecule has 1 unspecified atom stereocenters. The summed E-state index contributed by atoms with van der Waals surface area (Å²) in [7, 11) is 0. The average molecular weight is 349 g/mol. The predicted octanol–water partition coefficient (Wildman–Crippen LogP) is 4.23. The van der Waals surface area contributed by atoms with Crippen molar-refractivity contribution in [3.63, 3.8) is 0 Å². The second-order valence-corrected chi connectivity index (χ2v) is 6.91. The summed E-state index contributed by atoms with van der Waals surface area (Å²) in [5, 5.41) is 14.8. The van der Waals surface area contributed by atoms with E-state index in [1.165, 1.54) is 17.2 Å². The van der Waals surface area contributed by atoms with Gasteiger partial charge in [-0.05, 0) is 54.5 Å². The molecule has 2 N–H and O–H groups in total. The van der Waals surface area contributed by atoms with Gasteiger partial charge in [0.1, 0.15) is 11.3 Å². The molecule has 2 aromatic carbocycles. The van der Waals surface area contributed by atoms with E-state index in [2.05, 4.69) is 29.6 Å². The molecule has 0 spiro atoms. The van der Waals surface area contributed by atoms with Crippen LogP contribution >= 0.6 is 0 Å². The van der Waals surface area contributed by atoms with E-state index in [9.17, 15) is 9.90 Å². The fourth-order valence-electron chi connectivity index (χ4n) is 3.99. The van der Waals surface area contributed by atoms with Gasteiger partial charge in [0.05, 0.1) is 5.56 Å². The third-order valence-electron chi connectivity index (χ3n) is 5.35. The van der Waals surface area contributed by atoms with Crippen LogP contribution in [0.5, 0.6) is 5.75 Å². The molecule has 4 rings (SSSR count). The van der Waals surface area contributed by atoms with Gasteiger partial charge in [-0.15, -0.1) is 0 Å². The molecular weight excluding hydrogens is 326 g/mol. The number of aryl methyl sites for hydroxylation is 2. The van der Waals surface area contributed by atoms with Crippen molar-refractivity contribution in [1.29, 1.82) is 0 Å². The Hall–Kier alpha value is -2.59. The Balaban J connectivity index is 1.69. The lowest BCUT2D eigenvalue weighted by atomic mass is 9.87. The van der Waals surface area contributed by atoms with Crippen molar-refractivity contribution in [3.05, 3.63) is 75.1 Å². The molecule has 0 amide bonds. The first kappa shape index (κ1) is 16.9. The Kier molecular flexibility index (Phi) is 4.51. The number of nitrogens with one attached hydrogen (secondary N) is 1. The number of hydrogen-bond donors (Lipinski definition) is 2. The number of rotatable bonds is 4. The average Bonchev–Trinajstić information content (AvgIpc) is 2.66. The van der Waals surface area contributed by atoms with Crippen LogP contribution < -0.4 is 10.9 Å². The lowest BCUT2D eigenvalue weighted by Gasteiger charge is -2.26. The van der Waals surface area contributed by atoms with Crippen LogP contribution in [0, 0.1) is 0 Å². The lowest BCUT2D eigenvalue weighted by molar-refractivity contribution is 0.434. The first-order valence-electron chi connectivity index (χ1n) is 9.26. The molecule has 3 aromatic rings. The Morgan fingerprint density at radius 1 is 1.23 bits per heavy atom. The molecule has 4 nitrogen and oxygen atoms in total. The van der Waals surface area contributed by atoms with Crippen LogP contribution in [0.3, 0.4) is 0 Å². The molecule has 0 radical (unpaired) electrons. The predicted molar refractivity (Wildman–Crippen MR) is 102 cm³/mol. The minimum absolute atomic E-state index is 0.158. The van der Waals surface area contributed by atoms with E-state index in [1.54, 1.807) is 6.07 Å². The van der Waals surface area contributed by atoms with Crippen molar-refractivity contribution in [1.82, 2.24) is 5.32 Å². The topological polar surface area (TPSA) is 62.5 Å². The Morgan fingerprint density at radius 3 is 2.92 bits per heavy atom. The van der Waals surface area contributed by atoms with Crippen molar-refractivity contribution in [2.24, 2.45) is 0 Å². The number of benzene rings is 2. The zero-order valence-electron chi connectivity index (χ0n) is 14.9. The van der Waals surface area contributed by atoms with Gasteiger partial charge in [0, 0.05) is 24.0 Å². The molecule has 26 heavy (non-hydrogen) atoms. The van der Waals surface area contributed by atoms with Gasteiger partial charge in [-0.25, -0.2) is 4.79 Å². The number of hydrogen-bond acceptors (Lipinski definition) is 4. The molecule has 4 heteroatoms. The van der Waals surface area contributed by atoms with Gasteiger partial charge in [-0.2, -0.15) is 0 Å². The highest BCUT2D eigenvalue weighted by atomic mass is 16.4. The molecule has 0 aliphatic heterocycles. The summed E-state index contributed by atoms with van der Waals surface area (Å²) < 4.78 is 5.47. The van der Waals surface area contributed by atoms with Crippen LogP contribution in [0.4, 0.5) is 0 Å². The smallest absolute Gasteiger partial charge is 0.336 e. The standard InChI is InChI=1S/C22H23NO3/c1-2-14-12-21(25)26-22-17(14)10-11-20(24)18(22)13-23-19-9-5-7-15-6-3-4-8-16(15)19/h3-4,6,8,10-12,19,23-24H,2,5,7,9,13H2,1H3. The number of phenolic OH excluding ortho intramolecular Hbond substituents is 1. The van der Waals surface area contributed by atoms with E-state index in [0.29, 0.717) is 17.7 Å². The molecule has 0 bridgehead atoms. The monoisotopic (exact) mass is 349 g/mol. The first-order chi connectivity index (χ1) is 12.7. The normalized spacial score (nSPS) is 16.6. The molecule has 134 valence electrons. The van der Waals surface area contributed by atoms with Gasteiger partial charge in [-0.1, -0.05) is 31.2 Å². The Labute approximate surface area is 152 Å². The highest BCUT2D eigenvalue weighted by Gasteiger charge is 2.20. The highest BCUT2D eigenvalue weighted by Crippen LogP contribution is 2.32. The van der Waals surface area contributed by atoms with Crippen molar-refractivity contribution < 1.29 is 9.52 Å². The van der Waals surface area contributed by atoms with Gasteiger partial charge in [-0.3, -0.25) is 0 Å². The molecule has 1 aliphatic carbocycles. The second-order valence-electron chi connectivity index (χ2n) is 6.91. The van der Waals surface area contributed by atoms with Crippen molar-refractivity contribution >= 4 is 11.0 Å². The maximum absolute atomic E-state index is 11.9. The van der Waals surface area contributed by atoms with Gasteiger partial charge < -0.3 is 14.8 Å². The zero-order chi connectivity index (χ0) is 18.1. The summed E-state index contributed by atoms with van der Waals surface area (Å²) in [5.41, 5.74) is 4.43. The van der Waals surface area contributed by atoms with Crippen LogP contribution in [-0.2, 0) is 19.4 Å². The first-order valence-corrected chi connectivity index (χ1v) is 9.26. The summed E-state index contributed by atoms with van der Waals surface area (Å²) in [6.07, 6.45) is 4.07. The van der Waals surface area contributed by atoms with E-state index in [-0.39, 0.29) is 17.4 Å². The molecule has 1 heterocycles. The SMILES string of the molecule is CCc1cc(=O)oc2c(CNC3CCCc4ccccc43)c(O)ccc12. The Morgan fingerprint density at radius 2 is 2.08 bits per heavy atom. The van der Waals surface area contributed by atoms with Crippen LogP contribution in [-0.4, -0.2) is 5.11 Å². The molecule has 1 atom stereocenters. The maximum Gasteiger partial charge on any atom is 0.336 e. The second kappa shape index (κ2) is 6.96. The van der Waals surface area contributed by atoms with Crippen LogP contribution in [0.1, 0.15) is 48.1 Å². The van der Waals surface area contributed by atoms with Gasteiger partial charge in [0.2, 0.25) is 0 Å². The van der Waals surface area contributed by atoms with E-state index in [0.717, 1.165) is 36.6 Å². The van der Waals surface area contributed by atoms with Gasteiger partial charge in [0.15, 0.2) is 0 Å². The third-order valence-corrected chi connectivity index (χ3v) is 5.35. The minimum atomic E-state index is -0.371. The zero-order valence-corrected chi connectivity index (χ0v) is 14.9. The summed E-state index contributed by atoms with van der Waals surface area (Å²) in [5.74, 6) is 0.158. The van der Waals surface area contributed by atoms with Crippen LogP contribution in [0.2, 0.25) is 0 Å². The molecule has 0 saturated carbocycles. The van der Waals surface area contributed by atoms with Crippen LogP contribution in [0.15, 0.2) is 51.7 Å². The summed E-state index contributed by atoms with van der Waals surface area (Å²) in [6, 6.07) is 13.8. The fourth-order valence-corrected chi connectivity index (χ4v) is 3.99. The van der Waals surface area contributed by atoms with Gasteiger partial charge >= 0.3 is 5.63 Å². The summed E-state index contributed by atoms with van der Waals surface area (Å²) in [4.78, 5) is 11.9. The fraction of sp³-hybridized carbons (Fsp3) is 0.318. The quantitative estimate of drug-likeness (QED) is 0.692. The van der Waals surface area contributed by atoms with Crippen LogP contribution in [0.25, 0.3) is 11.0 Å².